The Hall–Kier alpha value is -0.210. The molecule has 0 heterocycles. The third-order valence-electron chi connectivity index (χ3n) is 2.82. The molecule has 1 aromatic carbocycles. The summed E-state index contributed by atoms with van der Waals surface area (Å²) < 4.78 is 7.50. The molecule has 0 radical (unpaired) electrons. The monoisotopic (exact) mass is 484 g/mol. The molecule has 4 nitrogen and oxygen atoms in total. The molecular formula is C14H15Br3O4. The van der Waals surface area contributed by atoms with Crippen LogP contribution in [-0.2, 0) is 4.79 Å². The van der Waals surface area contributed by atoms with E-state index in [-0.39, 0.29) is 13.2 Å². The molecular weight excluding hydrogens is 472 g/mol. The Morgan fingerprint density at radius 3 is 2.00 bits per heavy atom. The van der Waals surface area contributed by atoms with Crippen LogP contribution in [0.5, 0.6) is 5.75 Å². The topological polar surface area (TPSA) is 66.8 Å². The fourth-order valence-electron chi connectivity index (χ4n) is 1.71. The Labute approximate surface area is 148 Å². The van der Waals surface area contributed by atoms with Crippen LogP contribution >= 0.6 is 47.8 Å². The number of halogens is 3. The average molecular weight is 487 g/mol. The molecule has 0 aromatic heterocycles. The van der Waals surface area contributed by atoms with Gasteiger partial charge in [0.2, 0.25) is 0 Å². The van der Waals surface area contributed by atoms with E-state index in [1.54, 1.807) is 19.1 Å². The summed E-state index contributed by atoms with van der Waals surface area (Å²) in [4.78, 5) is 12.2. The summed E-state index contributed by atoms with van der Waals surface area (Å²) in [6, 6.07) is 3.55. The van der Waals surface area contributed by atoms with E-state index in [0.717, 1.165) is 4.47 Å². The maximum absolute atomic E-state index is 12.2. The number of rotatable bonds is 6. The molecule has 0 amide bonds. The summed E-state index contributed by atoms with van der Waals surface area (Å²) >= 11 is 10.0. The van der Waals surface area contributed by atoms with E-state index in [2.05, 4.69) is 47.8 Å². The second kappa shape index (κ2) is 9.05. The van der Waals surface area contributed by atoms with Gasteiger partial charge in [0, 0.05) is 23.3 Å². The fourth-order valence-corrected chi connectivity index (χ4v) is 4.13. The van der Waals surface area contributed by atoms with Crippen molar-refractivity contribution in [3.05, 3.63) is 36.7 Å². The van der Waals surface area contributed by atoms with Gasteiger partial charge in [-0.1, -0.05) is 21.5 Å². The van der Waals surface area contributed by atoms with Gasteiger partial charge in [0.05, 0.1) is 8.95 Å². The maximum atomic E-state index is 12.2. The molecule has 0 unspecified atom stereocenters. The molecule has 0 aliphatic carbocycles. The minimum absolute atomic E-state index is 0.0778. The molecule has 116 valence electrons. The Bertz CT molecular complexity index is 524. The second-order valence-electron chi connectivity index (χ2n) is 4.26. The van der Waals surface area contributed by atoms with Gasteiger partial charge in [0.1, 0.15) is 0 Å². The number of benzene rings is 1. The van der Waals surface area contributed by atoms with Crippen molar-refractivity contribution in [3.8, 4) is 5.75 Å². The van der Waals surface area contributed by atoms with Crippen LogP contribution < -0.4 is 4.74 Å². The van der Waals surface area contributed by atoms with E-state index >= 15 is 0 Å². The normalized spacial score (nSPS) is 10.4. The lowest BCUT2D eigenvalue weighted by Crippen LogP contribution is -2.13. The highest BCUT2D eigenvalue weighted by Gasteiger charge is 2.17. The van der Waals surface area contributed by atoms with Crippen molar-refractivity contribution in [2.24, 2.45) is 0 Å². The lowest BCUT2D eigenvalue weighted by molar-refractivity contribution is -0.130. The number of carbonyl (C=O) groups excluding carboxylic acids is 1. The van der Waals surface area contributed by atoms with Gasteiger partial charge in [-0.2, -0.15) is 0 Å². The fraction of sp³-hybridized carbons (Fsp3) is 0.357. The molecule has 21 heavy (non-hydrogen) atoms. The zero-order chi connectivity index (χ0) is 16.0. The molecule has 0 bridgehead atoms. The van der Waals surface area contributed by atoms with E-state index in [0.29, 0.717) is 38.7 Å². The van der Waals surface area contributed by atoms with Crippen LogP contribution in [0.25, 0.3) is 0 Å². The number of carbonyl (C=O) groups is 1. The number of hydrogen-bond acceptors (Lipinski definition) is 4. The smallest absolute Gasteiger partial charge is 0.339 e. The Morgan fingerprint density at radius 2 is 1.57 bits per heavy atom. The zero-order valence-electron chi connectivity index (χ0n) is 11.3. The summed E-state index contributed by atoms with van der Waals surface area (Å²) in [7, 11) is 0. The van der Waals surface area contributed by atoms with Gasteiger partial charge < -0.3 is 14.9 Å². The molecule has 1 rings (SSSR count). The minimum Gasteiger partial charge on any atom is -0.421 e. The molecule has 0 atom stereocenters. The highest BCUT2D eigenvalue weighted by molar-refractivity contribution is 9.11. The van der Waals surface area contributed by atoms with E-state index in [1.807, 2.05) is 0 Å². The van der Waals surface area contributed by atoms with Crippen LogP contribution in [-0.4, -0.2) is 29.4 Å². The predicted molar refractivity (Wildman–Crippen MR) is 91.3 cm³/mol. The third-order valence-corrected chi connectivity index (χ3v) is 4.46. The van der Waals surface area contributed by atoms with Crippen LogP contribution in [0.3, 0.4) is 0 Å². The standard InChI is InChI=1S/C14H15Br3O4/c1-8(9(2-4-18)3-5-19)14(20)21-13-11(16)6-10(15)7-12(13)17/h6-7,18-19H,2-5H2,1H3. The van der Waals surface area contributed by atoms with E-state index in [1.165, 1.54) is 0 Å². The molecule has 0 spiro atoms. The number of esters is 1. The number of aliphatic hydroxyl groups is 2. The van der Waals surface area contributed by atoms with Crippen LogP contribution in [0, 0.1) is 0 Å². The SMILES string of the molecule is CC(C(=O)Oc1c(Br)cc(Br)cc1Br)=C(CCO)CCO. The Kier molecular flexibility index (Phi) is 8.12. The van der Waals surface area contributed by atoms with Crippen molar-refractivity contribution in [2.45, 2.75) is 19.8 Å². The molecule has 0 aliphatic rings. The van der Waals surface area contributed by atoms with E-state index in [9.17, 15) is 4.79 Å². The van der Waals surface area contributed by atoms with E-state index < -0.39 is 5.97 Å². The summed E-state index contributed by atoms with van der Waals surface area (Å²) in [6.45, 7) is 1.47. The first kappa shape index (κ1) is 18.8. The van der Waals surface area contributed by atoms with Gasteiger partial charge >= 0.3 is 5.97 Å². The quantitative estimate of drug-likeness (QED) is 0.363. The second-order valence-corrected chi connectivity index (χ2v) is 6.89. The van der Waals surface area contributed by atoms with Crippen molar-refractivity contribution in [1.82, 2.24) is 0 Å². The van der Waals surface area contributed by atoms with Crippen LogP contribution in [0.2, 0.25) is 0 Å². The van der Waals surface area contributed by atoms with Crippen LogP contribution in [0.4, 0.5) is 0 Å². The van der Waals surface area contributed by atoms with Gasteiger partial charge in [0.15, 0.2) is 5.75 Å². The van der Waals surface area contributed by atoms with Crippen LogP contribution in [0.1, 0.15) is 19.8 Å². The van der Waals surface area contributed by atoms with Crippen molar-refractivity contribution < 1.29 is 19.7 Å². The maximum Gasteiger partial charge on any atom is 0.339 e. The highest BCUT2D eigenvalue weighted by Crippen LogP contribution is 2.37. The Balaban J connectivity index is 3.02. The first-order valence-corrected chi connectivity index (χ1v) is 8.55. The summed E-state index contributed by atoms with van der Waals surface area (Å²) in [5, 5.41) is 18.0. The minimum atomic E-state index is -0.504. The number of ether oxygens (including phenoxy) is 1. The average Bonchev–Trinajstić information content (AvgIpc) is 2.41. The molecule has 0 saturated heterocycles. The molecule has 0 aliphatic heterocycles. The first-order valence-electron chi connectivity index (χ1n) is 6.17. The third kappa shape index (κ3) is 5.49. The van der Waals surface area contributed by atoms with Gasteiger partial charge in [0.25, 0.3) is 0 Å². The lowest BCUT2D eigenvalue weighted by Gasteiger charge is -2.12. The van der Waals surface area contributed by atoms with Gasteiger partial charge in [-0.15, -0.1) is 0 Å². The van der Waals surface area contributed by atoms with Gasteiger partial charge in [-0.05, 0) is 63.8 Å². The largest absolute Gasteiger partial charge is 0.421 e. The number of aliphatic hydroxyl groups excluding tert-OH is 2. The van der Waals surface area contributed by atoms with Crippen molar-refractivity contribution >= 4 is 53.8 Å². The Morgan fingerprint density at radius 1 is 1.10 bits per heavy atom. The predicted octanol–water partition coefficient (Wildman–Crippen LogP) is 3.96. The van der Waals surface area contributed by atoms with Crippen molar-refractivity contribution in [3.63, 3.8) is 0 Å². The molecule has 7 heteroatoms. The van der Waals surface area contributed by atoms with Crippen molar-refractivity contribution in [2.75, 3.05) is 13.2 Å². The molecule has 2 N–H and O–H groups in total. The molecule has 1 aromatic rings. The number of hydrogen-bond donors (Lipinski definition) is 2. The lowest BCUT2D eigenvalue weighted by atomic mass is 10.0. The van der Waals surface area contributed by atoms with Gasteiger partial charge in [-0.3, -0.25) is 0 Å². The van der Waals surface area contributed by atoms with Crippen molar-refractivity contribution in [1.29, 1.82) is 0 Å². The van der Waals surface area contributed by atoms with Gasteiger partial charge in [-0.25, -0.2) is 4.79 Å². The summed E-state index contributed by atoms with van der Waals surface area (Å²) in [5.74, 6) is -0.120. The highest BCUT2D eigenvalue weighted by atomic mass is 79.9. The van der Waals surface area contributed by atoms with Crippen LogP contribution in [0.15, 0.2) is 36.7 Å². The van der Waals surface area contributed by atoms with E-state index in [4.69, 9.17) is 14.9 Å². The molecule has 0 fully saturated rings. The summed E-state index contributed by atoms with van der Waals surface area (Å²) in [5.41, 5.74) is 1.09. The summed E-state index contributed by atoms with van der Waals surface area (Å²) in [6.07, 6.45) is 0.675. The first-order chi connectivity index (χ1) is 9.90. The molecule has 0 saturated carbocycles. The zero-order valence-corrected chi connectivity index (χ0v) is 16.1.